The molecule has 0 saturated carbocycles. The Hall–Kier alpha value is -2.17. The summed E-state index contributed by atoms with van der Waals surface area (Å²) in [6, 6.07) is 6.69. The van der Waals surface area contributed by atoms with E-state index in [9.17, 15) is 13.2 Å². The van der Waals surface area contributed by atoms with Crippen LogP contribution in [0.15, 0.2) is 34.5 Å². The van der Waals surface area contributed by atoms with Crippen molar-refractivity contribution in [3.05, 3.63) is 51.5 Å². The fourth-order valence-electron chi connectivity index (χ4n) is 2.22. The van der Waals surface area contributed by atoms with Crippen molar-refractivity contribution < 1.29 is 13.2 Å². The van der Waals surface area contributed by atoms with Crippen LogP contribution in [0.3, 0.4) is 0 Å². The van der Waals surface area contributed by atoms with Gasteiger partial charge in [0.25, 0.3) is 5.91 Å². The monoisotopic (exact) mass is 408 g/mol. The van der Waals surface area contributed by atoms with E-state index < -0.39 is 9.84 Å². The molecule has 0 aliphatic rings. The van der Waals surface area contributed by atoms with Crippen molar-refractivity contribution >= 4 is 43.7 Å². The first-order valence-electron chi connectivity index (χ1n) is 7.75. The number of thiazole rings is 1. The van der Waals surface area contributed by atoms with Gasteiger partial charge >= 0.3 is 0 Å². The van der Waals surface area contributed by atoms with Crippen LogP contribution in [-0.2, 0) is 22.0 Å². The lowest BCUT2D eigenvalue weighted by molar-refractivity contribution is 0.102. The zero-order valence-corrected chi connectivity index (χ0v) is 16.5. The van der Waals surface area contributed by atoms with Crippen LogP contribution in [0, 0.1) is 6.92 Å². The molecular weight excluding hydrogens is 392 g/mol. The number of hydrogen-bond donors (Lipinski definition) is 1. The molecule has 2 heterocycles. The van der Waals surface area contributed by atoms with E-state index in [0.29, 0.717) is 27.8 Å². The molecular formula is C16H16N4O3S3. The number of carbonyl (C=O) groups is 1. The van der Waals surface area contributed by atoms with Gasteiger partial charge in [-0.1, -0.05) is 29.1 Å². The summed E-state index contributed by atoms with van der Waals surface area (Å²) >= 11 is 2.21. The molecule has 0 bridgehead atoms. The summed E-state index contributed by atoms with van der Waals surface area (Å²) in [7, 11) is -3.49. The molecule has 0 radical (unpaired) electrons. The average molecular weight is 409 g/mol. The molecule has 3 rings (SSSR count). The Kier molecular flexibility index (Phi) is 5.44. The van der Waals surface area contributed by atoms with Crippen LogP contribution in [0.5, 0.6) is 0 Å². The molecule has 3 aromatic rings. The van der Waals surface area contributed by atoms with E-state index in [4.69, 9.17) is 0 Å². The second kappa shape index (κ2) is 7.60. The van der Waals surface area contributed by atoms with Gasteiger partial charge in [0.1, 0.15) is 4.88 Å². The average Bonchev–Trinajstić information content (AvgIpc) is 3.24. The molecule has 2 aromatic heterocycles. The second-order valence-corrected chi connectivity index (χ2v) is 9.17. The SMILES string of the molecule is CCc1nnsc1C(=O)Nc1nc(CS(=O)(=O)c2ccc(C)cc2)cs1. The standard InChI is InChI=1S/C16H16N4O3S3/c1-3-13-14(25-20-19-13)15(21)18-16-17-11(8-24-16)9-26(22,23)12-6-4-10(2)5-7-12/h4-8H,3,9H2,1-2H3,(H,17,18,21). The van der Waals surface area contributed by atoms with Crippen LogP contribution >= 0.6 is 22.9 Å². The maximum atomic E-state index is 12.5. The number of aryl methyl sites for hydroxylation is 2. The third kappa shape index (κ3) is 4.14. The lowest BCUT2D eigenvalue weighted by Crippen LogP contribution is -2.12. The Morgan fingerprint density at radius 1 is 1.23 bits per heavy atom. The van der Waals surface area contributed by atoms with Gasteiger partial charge in [0, 0.05) is 5.38 Å². The Morgan fingerprint density at radius 2 is 1.96 bits per heavy atom. The number of aromatic nitrogens is 3. The van der Waals surface area contributed by atoms with Crippen LogP contribution in [0.1, 0.15) is 33.5 Å². The van der Waals surface area contributed by atoms with E-state index in [1.54, 1.807) is 29.6 Å². The first-order valence-corrected chi connectivity index (χ1v) is 11.1. The zero-order valence-electron chi connectivity index (χ0n) is 14.1. The lowest BCUT2D eigenvalue weighted by Gasteiger charge is -2.03. The third-order valence-electron chi connectivity index (χ3n) is 3.59. The number of carbonyl (C=O) groups excluding carboxylic acids is 1. The molecule has 0 aliphatic heterocycles. The summed E-state index contributed by atoms with van der Waals surface area (Å²) < 4.78 is 28.7. The van der Waals surface area contributed by atoms with E-state index >= 15 is 0 Å². The van der Waals surface area contributed by atoms with Crippen molar-refractivity contribution in [2.24, 2.45) is 0 Å². The third-order valence-corrected chi connectivity index (χ3v) is 6.83. The largest absolute Gasteiger partial charge is 0.297 e. The lowest BCUT2D eigenvalue weighted by atomic mass is 10.2. The molecule has 0 aliphatic carbocycles. The number of nitrogens with zero attached hydrogens (tertiary/aromatic N) is 3. The van der Waals surface area contributed by atoms with E-state index in [-0.39, 0.29) is 16.6 Å². The molecule has 1 amide bonds. The van der Waals surface area contributed by atoms with Gasteiger partial charge in [-0.2, -0.15) is 0 Å². The van der Waals surface area contributed by atoms with Gasteiger partial charge < -0.3 is 0 Å². The van der Waals surface area contributed by atoms with Gasteiger partial charge in [-0.3, -0.25) is 10.1 Å². The molecule has 26 heavy (non-hydrogen) atoms. The van der Waals surface area contributed by atoms with Crippen LogP contribution in [0.2, 0.25) is 0 Å². The van der Waals surface area contributed by atoms with Gasteiger partial charge in [0.15, 0.2) is 15.0 Å². The summed E-state index contributed by atoms with van der Waals surface area (Å²) in [5, 5.41) is 8.56. The van der Waals surface area contributed by atoms with Crippen molar-refractivity contribution in [2.75, 3.05) is 5.32 Å². The zero-order chi connectivity index (χ0) is 18.7. The van der Waals surface area contributed by atoms with Gasteiger partial charge in [0.05, 0.1) is 22.0 Å². The topological polar surface area (TPSA) is 102 Å². The maximum Gasteiger partial charge on any atom is 0.271 e. The minimum absolute atomic E-state index is 0.218. The van der Waals surface area contributed by atoms with Crippen LogP contribution in [-0.4, -0.2) is 28.9 Å². The molecule has 0 fully saturated rings. The van der Waals surface area contributed by atoms with Crippen LogP contribution in [0.4, 0.5) is 5.13 Å². The van der Waals surface area contributed by atoms with Crippen LogP contribution < -0.4 is 5.32 Å². The molecule has 0 spiro atoms. The summed E-state index contributed by atoms with van der Waals surface area (Å²) in [6.07, 6.45) is 0.608. The Bertz CT molecular complexity index is 1020. The molecule has 0 atom stereocenters. The molecule has 7 nitrogen and oxygen atoms in total. The summed E-state index contributed by atoms with van der Waals surface area (Å²) in [5.74, 6) is -0.552. The van der Waals surface area contributed by atoms with Crippen molar-refractivity contribution in [2.45, 2.75) is 30.9 Å². The summed E-state index contributed by atoms with van der Waals surface area (Å²) in [5.41, 5.74) is 2.02. The highest BCUT2D eigenvalue weighted by Gasteiger charge is 2.19. The molecule has 0 unspecified atom stereocenters. The van der Waals surface area contributed by atoms with E-state index in [2.05, 4.69) is 19.9 Å². The van der Waals surface area contributed by atoms with E-state index in [1.807, 2.05) is 13.8 Å². The number of hydrogen-bond acceptors (Lipinski definition) is 8. The van der Waals surface area contributed by atoms with E-state index in [1.165, 1.54) is 11.3 Å². The molecule has 1 aromatic carbocycles. The summed E-state index contributed by atoms with van der Waals surface area (Å²) in [4.78, 5) is 17.2. The molecule has 1 N–H and O–H groups in total. The Morgan fingerprint density at radius 3 is 2.65 bits per heavy atom. The highest BCUT2D eigenvalue weighted by Crippen LogP contribution is 2.22. The highest BCUT2D eigenvalue weighted by molar-refractivity contribution is 7.90. The summed E-state index contributed by atoms with van der Waals surface area (Å²) in [6.45, 7) is 3.79. The predicted octanol–water partition coefficient (Wildman–Crippen LogP) is 3.09. The normalized spacial score (nSPS) is 11.5. The van der Waals surface area contributed by atoms with Crippen molar-refractivity contribution in [3.8, 4) is 0 Å². The van der Waals surface area contributed by atoms with Gasteiger partial charge in [-0.15, -0.1) is 16.4 Å². The number of anilines is 1. The molecule has 0 saturated heterocycles. The highest BCUT2D eigenvalue weighted by atomic mass is 32.2. The smallest absolute Gasteiger partial charge is 0.271 e. The fourth-order valence-corrected chi connectivity index (χ4v) is 4.93. The second-order valence-electron chi connectivity index (χ2n) is 5.57. The number of nitrogens with one attached hydrogen (secondary N) is 1. The minimum Gasteiger partial charge on any atom is -0.297 e. The van der Waals surface area contributed by atoms with Gasteiger partial charge in [0.2, 0.25) is 0 Å². The Labute approximate surface area is 159 Å². The Balaban J connectivity index is 1.72. The van der Waals surface area contributed by atoms with Crippen molar-refractivity contribution in [1.82, 2.24) is 14.6 Å². The first kappa shape index (κ1) is 18.6. The molecule has 136 valence electrons. The first-order chi connectivity index (χ1) is 12.4. The van der Waals surface area contributed by atoms with Crippen molar-refractivity contribution in [1.29, 1.82) is 0 Å². The fraction of sp³-hybridized carbons (Fsp3) is 0.250. The minimum atomic E-state index is -3.49. The number of benzene rings is 1. The van der Waals surface area contributed by atoms with Gasteiger partial charge in [-0.25, -0.2) is 13.4 Å². The van der Waals surface area contributed by atoms with Crippen molar-refractivity contribution in [3.63, 3.8) is 0 Å². The molecule has 10 heteroatoms. The number of rotatable bonds is 6. The number of amides is 1. The maximum absolute atomic E-state index is 12.5. The van der Waals surface area contributed by atoms with E-state index in [0.717, 1.165) is 17.1 Å². The van der Waals surface area contributed by atoms with Gasteiger partial charge in [-0.05, 0) is 37.0 Å². The predicted molar refractivity (Wildman–Crippen MR) is 101 cm³/mol. The quantitative estimate of drug-likeness (QED) is 0.672. The number of sulfone groups is 1. The van der Waals surface area contributed by atoms with Crippen LogP contribution in [0.25, 0.3) is 0 Å².